The van der Waals surface area contributed by atoms with Crippen LogP contribution in [0.25, 0.3) is 0 Å². The van der Waals surface area contributed by atoms with Gasteiger partial charge in [-0.05, 0) is 24.3 Å². The molecule has 0 saturated carbocycles. The van der Waals surface area contributed by atoms with Gasteiger partial charge in [0.05, 0.1) is 6.54 Å². The van der Waals surface area contributed by atoms with E-state index in [1.165, 1.54) is 4.90 Å². The van der Waals surface area contributed by atoms with Gasteiger partial charge in [0, 0.05) is 45.0 Å². The van der Waals surface area contributed by atoms with Gasteiger partial charge in [-0.15, -0.1) is 0 Å². The molecule has 0 atom stereocenters. The van der Waals surface area contributed by atoms with Crippen molar-refractivity contribution in [1.29, 1.82) is 0 Å². The Balaban J connectivity index is 1.72. The zero-order valence-electron chi connectivity index (χ0n) is 20.1. The average molecular weight is 570 g/mol. The molecule has 1 heterocycles. The van der Waals surface area contributed by atoms with E-state index in [2.05, 4.69) is 9.47 Å². The summed E-state index contributed by atoms with van der Waals surface area (Å²) in [6.07, 6.45) is -9.50. The molecule has 1 aliphatic rings. The van der Waals surface area contributed by atoms with Gasteiger partial charge < -0.3 is 14.4 Å². The Morgan fingerprint density at radius 3 is 2.05 bits per heavy atom. The zero-order valence-corrected chi connectivity index (χ0v) is 20.9. The standard InChI is InChI=1S/C23H25F6N3O5S/c1-30(17-5-3-2-4-6-17)21(33)14-31-9-11-32(12-10-31)38(34,35)20-13-18(36-15-22(24,25)26)7-8-19(20)37-16-23(27,28)29/h2-8,13H,9-12,14-16H2,1H3. The van der Waals surface area contributed by atoms with Gasteiger partial charge in [-0.25, -0.2) is 8.42 Å². The number of benzene rings is 2. The Bertz CT molecular complexity index is 1200. The van der Waals surface area contributed by atoms with E-state index in [1.807, 2.05) is 0 Å². The van der Waals surface area contributed by atoms with Crippen LogP contribution in [0.4, 0.5) is 32.0 Å². The maximum atomic E-state index is 13.3. The minimum absolute atomic E-state index is 0.00000684. The Kier molecular flexibility index (Phi) is 9.15. The highest BCUT2D eigenvalue weighted by atomic mass is 32.2. The van der Waals surface area contributed by atoms with E-state index in [9.17, 15) is 39.6 Å². The van der Waals surface area contributed by atoms with Crippen molar-refractivity contribution in [3.8, 4) is 11.5 Å². The summed E-state index contributed by atoms with van der Waals surface area (Å²) >= 11 is 0. The number of likely N-dealkylation sites (N-methyl/N-ethyl adjacent to an activating group) is 1. The van der Waals surface area contributed by atoms with Crippen molar-refractivity contribution in [3.63, 3.8) is 0 Å². The van der Waals surface area contributed by atoms with Crippen molar-refractivity contribution in [1.82, 2.24) is 9.21 Å². The molecule has 0 aromatic heterocycles. The molecule has 1 amide bonds. The molecule has 3 rings (SSSR count). The number of carbonyl (C=O) groups is 1. The average Bonchev–Trinajstić information content (AvgIpc) is 2.86. The highest BCUT2D eigenvalue weighted by Gasteiger charge is 2.35. The summed E-state index contributed by atoms with van der Waals surface area (Å²) in [5, 5.41) is 0. The first-order valence-corrected chi connectivity index (χ1v) is 12.7. The van der Waals surface area contributed by atoms with Crippen LogP contribution in [0, 0.1) is 0 Å². The topological polar surface area (TPSA) is 79.4 Å². The summed E-state index contributed by atoms with van der Waals surface area (Å²) < 4.78 is 113. The van der Waals surface area contributed by atoms with Crippen LogP contribution in [-0.4, -0.2) is 88.9 Å². The summed E-state index contributed by atoms with van der Waals surface area (Å²) in [7, 11) is -2.88. The lowest BCUT2D eigenvalue weighted by molar-refractivity contribution is -0.154. The molecule has 15 heteroatoms. The smallest absolute Gasteiger partial charge is 0.422 e. The van der Waals surface area contributed by atoms with Gasteiger partial charge >= 0.3 is 12.4 Å². The maximum Gasteiger partial charge on any atom is 0.422 e. The van der Waals surface area contributed by atoms with Crippen molar-refractivity contribution in [3.05, 3.63) is 48.5 Å². The number of amides is 1. The molecular formula is C23H25F6N3O5S. The van der Waals surface area contributed by atoms with Gasteiger partial charge in [0.15, 0.2) is 13.2 Å². The fourth-order valence-corrected chi connectivity index (χ4v) is 5.15. The van der Waals surface area contributed by atoms with Crippen LogP contribution in [0.3, 0.4) is 0 Å². The number of rotatable bonds is 9. The summed E-state index contributed by atoms with van der Waals surface area (Å²) in [6, 6.07) is 11.3. The van der Waals surface area contributed by atoms with E-state index in [0.29, 0.717) is 11.8 Å². The second kappa shape index (κ2) is 11.8. The van der Waals surface area contributed by atoms with Gasteiger partial charge in [0.2, 0.25) is 15.9 Å². The molecule has 2 aromatic rings. The monoisotopic (exact) mass is 569 g/mol. The van der Waals surface area contributed by atoms with E-state index in [0.717, 1.165) is 16.4 Å². The number of sulfonamides is 1. The van der Waals surface area contributed by atoms with Gasteiger partial charge in [0.25, 0.3) is 0 Å². The van der Waals surface area contributed by atoms with Crippen LogP contribution in [0.1, 0.15) is 0 Å². The third-order valence-corrected chi connectivity index (χ3v) is 7.45. The van der Waals surface area contributed by atoms with Crippen LogP contribution >= 0.6 is 0 Å². The third-order valence-electron chi connectivity index (χ3n) is 5.53. The fourth-order valence-electron chi connectivity index (χ4n) is 3.58. The molecule has 0 N–H and O–H groups in total. The molecule has 210 valence electrons. The SMILES string of the molecule is CN(C(=O)CN1CCN(S(=O)(=O)c2cc(OCC(F)(F)F)ccc2OCC(F)(F)F)CC1)c1ccccc1. The maximum absolute atomic E-state index is 13.3. The number of ether oxygens (including phenoxy) is 2. The van der Waals surface area contributed by atoms with Crippen LogP contribution in [0.15, 0.2) is 53.4 Å². The highest BCUT2D eigenvalue weighted by Crippen LogP contribution is 2.33. The number of anilines is 1. The van der Waals surface area contributed by atoms with E-state index >= 15 is 0 Å². The summed E-state index contributed by atoms with van der Waals surface area (Å²) in [5.41, 5.74) is 0.678. The summed E-state index contributed by atoms with van der Waals surface area (Å²) in [5.74, 6) is -1.41. The molecule has 2 aromatic carbocycles. The second-order valence-electron chi connectivity index (χ2n) is 8.38. The molecule has 0 radical (unpaired) electrons. The summed E-state index contributed by atoms with van der Waals surface area (Å²) in [4.78, 5) is 15.1. The Morgan fingerprint density at radius 2 is 1.47 bits per heavy atom. The quantitative estimate of drug-likeness (QED) is 0.430. The normalized spacial score (nSPS) is 15.8. The number of hydrogen-bond acceptors (Lipinski definition) is 6. The molecule has 38 heavy (non-hydrogen) atoms. The minimum atomic E-state index is -4.78. The van der Waals surface area contributed by atoms with E-state index in [-0.39, 0.29) is 38.6 Å². The van der Waals surface area contributed by atoms with Gasteiger partial charge in [-0.3, -0.25) is 9.69 Å². The first-order chi connectivity index (χ1) is 17.7. The number of piperazine rings is 1. The number of nitrogens with zero attached hydrogens (tertiary/aromatic N) is 3. The Hall–Kier alpha value is -3.04. The van der Waals surface area contributed by atoms with Crippen molar-refractivity contribution in [2.24, 2.45) is 0 Å². The first-order valence-electron chi connectivity index (χ1n) is 11.2. The van der Waals surface area contributed by atoms with Crippen LogP contribution in [-0.2, 0) is 14.8 Å². The van der Waals surface area contributed by atoms with Crippen molar-refractivity contribution in [2.45, 2.75) is 17.2 Å². The molecule has 1 aliphatic heterocycles. The molecule has 0 spiro atoms. The minimum Gasteiger partial charge on any atom is -0.484 e. The van der Waals surface area contributed by atoms with Crippen molar-refractivity contribution in [2.75, 3.05) is 57.9 Å². The van der Waals surface area contributed by atoms with Crippen LogP contribution < -0.4 is 14.4 Å². The van der Waals surface area contributed by atoms with E-state index in [4.69, 9.17) is 0 Å². The Morgan fingerprint density at radius 1 is 0.895 bits per heavy atom. The zero-order chi connectivity index (χ0) is 28.1. The number of para-hydroxylation sites is 1. The molecule has 1 fully saturated rings. The van der Waals surface area contributed by atoms with Crippen molar-refractivity contribution >= 4 is 21.6 Å². The molecular weight excluding hydrogens is 544 g/mol. The van der Waals surface area contributed by atoms with Crippen LogP contribution in [0.5, 0.6) is 11.5 Å². The van der Waals surface area contributed by atoms with E-state index < -0.39 is 52.0 Å². The molecule has 8 nitrogen and oxygen atoms in total. The second-order valence-corrected chi connectivity index (χ2v) is 10.3. The fraction of sp³-hybridized carbons (Fsp3) is 0.435. The number of carbonyl (C=O) groups excluding carboxylic acids is 1. The van der Waals surface area contributed by atoms with Crippen molar-refractivity contribution < 1.29 is 49.0 Å². The largest absolute Gasteiger partial charge is 0.484 e. The number of halogens is 6. The molecule has 0 aliphatic carbocycles. The predicted octanol–water partition coefficient (Wildman–Crippen LogP) is 3.54. The van der Waals surface area contributed by atoms with Gasteiger partial charge in [-0.1, -0.05) is 18.2 Å². The van der Waals surface area contributed by atoms with Gasteiger partial charge in [-0.2, -0.15) is 30.6 Å². The predicted molar refractivity (Wildman–Crippen MR) is 125 cm³/mol. The number of alkyl halides is 6. The van der Waals surface area contributed by atoms with E-state index in [1.54, 1.807) is 42.3 Å². The number of hydrogen-bond donors (Lipinski definition) is 0. The lowest BCUT2D eigenvalue weighted by Crippen LogP contribution is -2.51. The highest BCUT2D eigenvalue weighted by molar-refractivity contribution is 7.89. The molecule has 0 unspecified atom stereocenters. The summed E-state index contributed by atoms with van der Waals surface area (Å²) in [6.45, 7) is -3.48. The van der Waals surface area contributed by atoms with Crippen LogP contribution in [0.2, 0.25) is 0 Å². The third kappa shape index (κ3) is 8.23. The lowest BCUT2D eigenvalue weighted by Gasteiger charge is -2.34. The first kappa shape index (κ1) is 29.5. The molecule has 1 saturated heterocycles. The van der Waals surface area contributed by atoms with Gasteiger partial charge in [0.1, 0.15) is 16.4 Å². The lowest BCUT2D eigenvalue weighted by atomic mass is 10.3. The molecule has 0 bridgehead atoms. The Labute approximate surface area is 215 Å².